The summed E-state index contributed by atoms with van der Waals surface area (Å²) in [6.07, 6.45) is 0. The van der Waals surface area contributed by atoms with Crippen LogP contribution in [0, 0.1) is 6.92 Å². The van der Waals surface area contributed by atoms with E-state index in [9.17, 15) is 42.8 Å². The number of nitrogens with zero attached hydrogens (tertiary/aromatic N) is 2. The van der Waals surface area contributed by atoms with Crippen LogP contribution in [0.5, 0.6) is 5.75 Å². The highest BCUT2D eigenvalue weighted by Gasteiger charge is 2.23. The summed E-state index contributed by atoms with van der Waals surface area (Å²) in [6.45, 7) is 0.523. The van der Waals surface area contributed by atoms with Crippen LogP contribution >= 0.6 is 0 Å². The van der Waals surface area contributed by atoms with Crippen molar-refractivity contribution in [3.05, 3.63) is 42.0 Å². The second kappa shape index (κ2) is 11.0. The normalized spacial score (nSPS) is 13.2. The Morgan fingerprint density at radius 3 is 2.05 bits per heavy atom. The van der Waals surface area contributed by atoms with Crippen LogP contribution in [0.25, 0.3) is 10.8 Å². The number of hydrogen-bond donors (Lipinski definition) is 4. The molecular weight excluding hydrogens is 618 g/mol. The Kier molecular flexibility index (Phi) is 8.58. The summed E-state index contributed by atoms with van der Waals surface area (Å²) in [7, 11) is -17.4. The first kappa shape index (κ1) is 31.3. The number of ether oxygens (including phenoxy) is 1. The smallest absolute Gasteiger partial charge is 0.397 e. The fourth-order valence-corrected chi connectivity index (χ4v) is 6.46. The number of nitrogens with two attached hydrogens (primary N) is 1. The molecule has 0 bridgehead atoms. The highest BCUT2D eigenvalue weighted by atomic mass is 32.3. The molecular formula is C20H21N3O13S4. The van der Waals surface area contributed by atoms with E-state index < -0.39 is 68.3 Å². The number of azo groups is 1. The highest BCUT2D eigenvalue weighted by molar-refractivity contribution is 7.91. The zero-order chi connectivity index (χ0) is 30.3. The minimum Gasteiger partial charge on any atom is -0.494 e. The van der Waals surface area contributed by atoms with Gasteiger partial charge < -0.3 is 10.5 Å². The lowest BCUT2D eigenvalue weighted by Crippen LogP contribution is -2.16. The summed E-state index contributed by atoms with van der Waals surface area (Å²) in [5.41, 5.74) is 5.13. The maximum Gasteiger partial charge on any atom is 0.397 e. The molecule has 0 aliphatic heterocycles. The SMILES string of the molecule is COc1cc(S(=O)(=O)CCOS(=O)(=O)O)c(C)cc1/N=N/c1c(N)c(S(=O)(=O)O)cc2cc(S(=O)(=O)O)ccc12. The molecule has 0 heterocycles. The number of rotatable bonds is 10. The maximum absolute atomic E-state index is 12.7. The van der Waals surface area contributed by atoms with E-state index in [1.54, 1.807) is 0 Å². The Balaban J connectivity index is 2.16. The molecule has 40 heavy (non-hydrogen) atoms. The number of nitrogen functional groups attached to an aromatic ring is 1. The molecule has 0 fully saturated rings. The van der Waals surface area contributed by atoms with Crippen LogP contribution in [-0.4, -0.2) is 66.8 Å². The Hall–Kier alpha value is -3.24. The van der Waals surface area contributed by atoms with Crippen LogP contribution in [0.15, 0.2) is 61.3 Å². The van der Waals surface area contributed by atoms with Gasteiger partial charge in [0.2, 0.25) is 0 Å². The highest BCUT2D eigenvalue weighted by Crippen LogP contribution is 2.41. The third kappa shape index (κ3) is 7.09. The average molecular weight is 640 g/mol. The number of hydrogen-bond acceptors (Lipinski definition) is 13. The van der Waals surface area contributed by atoms with Gasteiger partial charge in [-0.3, -0.25) is 13.7 Å². The van der Waals surface area contributed by atoms with Gasteiger partial charge in [0, 0.05) is 11.5 Å². The third-order valence-electron chi connectivity index (χ3n) is 5.31. The van der Waals surface area contributed by atoms with Crippen LogP contribution < -0.4 is 10.5 Å². The molecule has 0 aliphatic carbocycles. The summed E-state index contributed by atoms with van der Waals surface area (Å²) in [6, 6.07) is 6.28. The quantitative estimate of drug-likeness (QED) is 0.141. The van der Waals surface area contributed by atoms with Crippen LogP contribution in [0.1, 0.15) is 5.56 Å². The van der Waals surface area contributed by atoms with E-state index in [1.807, 2.05) is 0 Å². The average Bonchev–Trinajstić information content (AvgIpc) is 2.80. The van der Waals surface area contributed by atoms with Crippen molar-refractivity contribution in [1.82, 2.24) is 0 Å². The summed E-state index contributed by atoms with van der Waals surface area (Å²) in [4.78, 5) is -1.68. The molecule has 0 saturated carbocycles. The van der Waals surface area contributed by atoms with E-state index in [0.29, 0.717) is 0 Å². The molecule has 0 saturated heterocycles. The molecule has 0 spiro atoms. The molecule has 218 valence electrons. The molecule has 3 aromatic carbocycles. The van der Waals surface area contributed by atoms with Crippen molar-refractivity contribution in [2.45, 2.75) is 21.6 Å². The molecule has 0 amide bonds. The van der Waals surface area contributed by atoms with Crippen molar-refractivity contribution >= 4 is 68.3 Å². The van der Waals surface area contributed by atoms with Crippen molar-refractivity contribution in [1.29, 1.82) is 0 Å². The fourth-order valence-electron chi connectivity index (χ4n) is 3.53. The van der Waals surface area contributed by atoms with Gasteiger partial charge in [-0.15, -0.1) is 10.2 Å². The fraction of sp³-hybridized carbons (Fsp3) is 0.200. The summed E-state index contributed by atoms with van der Waals surface area (Å²) in [5.74, 6) is -0.945. The molecule has 0 unspecified atom stereocenters. The van der Waals surface area contributed by atoms with Crippen LogP contribution in [0.2, 0.25) is 0 Å². The van der Waals surface area contributed by atoms with Crippen molar-refractivity contribution in [3.63, 3.8) is 0 Å². The molecule has 0 aromatic heterocycles. The van der Waals surface area contributed by atoms with Crippen molar-refractivity contribution in [2.75, 3.05) is 25.2 Å². The third-order valence-corrected chi connectivity index (χ3v) is 9.34. The summed E-state index contributed by atoms with van der Waals surface area (Å²) in [5, 5.41) is 7.92. The van der Waals surface area contributed by atoms with Crippen LogP contribution in [0.3, 0.4) is 0 Å². The lowest BCUT2D eigenvalue weighted by atomic mass is 10.1. The molecule has 5 N–H and O–H groups in total. The lowest BCUT2D eigenvalue weighted by molar-refractivity contribution is 0.284. The molecule has 20 heteroatoms. The predicted molar refractivity (Wildman–Crippen MR) is 139 cm³/mol. The first-order valence-corrected chi connectivity index (χ1v) is 16.4. The zero-order valence-electron chi connectivity index (χ0n) is 20.4. The number of benzene rings is 3. The van der Waals surface area contributed by atoms with Crippen molar-refractivity contribution < 1.29 is 56.2 Å². The van der Waals surface area contributed by atoms with Gasteiger partial charge >= 0.3 is 10.4 Å². The van der Waals surface area contributed by atoms with E-state index >= 15 is 0 Å². The minimum atomic E-state index is -4.93. The van der Waals surface area contributed by atoms with Crippen molar-refractivity contribution in [3.8, 4) is 5.75 Å². The van der Waals surface area contributed by atoms with Crippen LogP contribution in [-0.2, 0) is 44.7 Å². The van der Waals surface area contributed by atoms with Gasteiger partial charge in [-0.2, -0.15) is 25.3 Å². The number of fused-ring (bicyclic) bond motifs is 1. The minimum absolute atomic E-state index is 0.0625. The van der Waals surface area contributed by atoms with Gasteiger partial charge in [-0.05, 0) is 42.1 Å². The second-order valence-electron chi connectivity index (χ2n) is 8.03. The van der Waals surface area contributed by atoms with Gasteiger partial charge in [0.15, 0.2) is 9.84 Å². The van der Waals surface area contributed by atoms with E-state index in [1.165, 1.54) is 26.2 Å². The molecule has 3 aromatic rings. The maximum atomic E-state index is 12.7. The first-order valence-electron chi connectivity index (χ1n) is 10.5. The van der Waals surface area contributed by atoms with E-state index in [-0.39, 0.29) is 38.4 Å². The van der Waals surface area contributed by atoms with Gasteiger partial charge in [-0.25, -0.2) is 12.6 Å². The lowest BCUT2D eigenvalue weighted by Gasteiger charge is -2.12. The van der Waals surface area contributed by atoms with Crippen molar-refractivity contribution in [2.24, 2.45) is 10.2 Å². The van der Waals surface area contributed by atoms with Gasteiger partial charge in [-0.1, -0.05) is 6.07 Å². The van der Waals surface area contributed by atoms with Gasteiger partial charge in [0.05, 0.1) is 34.9 Å². The first-order chi connectivity index (χ1) is 18.2. The van der Waals surface area contributed by atoms with E-state index in [2.05, 4.69) is 14.4 Å². The number of aryl methyl sites for hydroxylation is 1. The molecule has 16 nitrogen and oxygen atoms in total. The second-order valence-corrected chi connectivity index (χ2v) is 14.0. The van der Waals surface area contributed by atoms with Gasteiger partial charge in [0.25, 0.3) is 20.2 Å². The number of anilines is 1. The monoisotopic (exact) mass is 639 g/mol. The Bertz CT molecular complexity index is 1970. The molecule has 3 rings (SSSR count). The van der Waals surface area contributed by atoms with E-state index in [4.69, 9.17) is 15.0 Å². The summed E-state index contributed by atoms with van der Waals surface area (Å²) >= 11 is 0. The zero-order valence-corrected chi connectivity index (χ0v) is 23.7. The molecule has 0 radical (unpaired) electrons. The predicted octanol–water partition coefficient (Wildman–Crippen LogP) is 2.24. The standard InChI is InChI=1S/C20H21N3O13S4/c1-11-7-15(16(35-2)10-17(11)37(24,25)6-5-36-40(32,33)34)22-23-20-14-4-3-13(38(26,27)28)8-12(14)9-18(19(20)21)39(29,30)31/h3-4,7-10H,5-6,21H2,1-2H3,(H,26,27,28)(H,29,30,31)(H,32,33,34)/b23-22+. The summed E-state index contributed by atoms with van der Waals surface area (Å²) < 4.78 is 131. The number of sulfone groups is 1. The Morgan fingerprint density at radius 2 is 1.50 bits per heavy atom. The van der Waals surface area contributed by atoms with Crippen LogP contribution in [0.4, 0.5) is 17.1 Å². The number of methoxy groups -OCH3 is 1. The van der Waals surface area contributed by atoms with Gasteiger partial charge in [0.1, 0.15) is 22.0 Å². The molecule has 0 atom stereocenters. The Morgan fingerprint density at radius 1 is 0.850 bits per heavy atom. The molecule has 0 aliphatic rings. The topological polar surface area (TPSA) is 266 Å². The van der Waals surface area contributed by atoms with E-state index in [0.717, 1.165) is 24.3 Å². The largest absolute Gasteiger partial charge is 0.494 e. The Labute approximate surface area is 228 Å².